The number of likely N-dealkylation sites (tertiary alicyclic amines) is 1. The fourth-order valence-electron chi connectivity index (χ4n) is 4.52. The van der Waals surface area contributed by atoms with Crippen LogP contribution in [-0.2, 0) is 25.5 Å². The van der Waals surface area contributed by atoms with Gasteiger partial charge in [0.2, 0.25) is 5.91 Å². The zero-order valence-corrected chi connectivity index (χ0v) is 20.9. The maximum absolute atomic E-state index is 13.6. The number of ether oxygens (including phenoxy) is 1. The quantitative estimate of drug-likeness (QED) is 0.213. The highest BCUT2D eigenvalue weighted by molar-refractivity contribution is 5.99. The van der Waals surface area contributed by atoms with Crippen molar-refractivity contribution in [1.29, 1.82) is 0 Å². The Morgan fingerprint density at radius 1 is 0.973 bits per heavy atom. The summed E-state index contributed by atoms with van der Waals surface area (Å²) in [5.41, 5.74) is 6.88. The molecule has 0 bridgehead atoms. The number of aryl methyl sites for hydroxylation is 1. The molecule has 3 rings (SSSR count). The molecule has 0 spiro atoms. The number of carbonyl (C=O) groups excluding carboxylic acids is 3. The first-order chi connectivity index (χ1) is 17.9. The van der Waals surface area contributed by atoms with E-state index in [-0.39, 0.29) is 11.5 Å². The number of nitrogens with one attached hydrogen (secondary N) is 1. The van der Waals surface area contributed by atoms with Gasteiger partial charge in [0.05, 0.1) is 11.6 Å². The van der Waals surface area contributed by atoms with E-state index in [1.165, 1.54) is 4.90 Å². The van der Waals surface area contributed by atoms with E-state index in [4.69, 9.17) is 10.5 Å². The molecular weight excluding hydrogens is 474 g/mol. The Bertz CT molecular complexity index is 1050. The third-order valence-electron chi connectivity index (χ3n) is 6.52. The number of benzene rings is 2. The second-order valence-electron chi connectivity index (χ2n) is 9.18. The van der Waals surface area contributed by atoms with Gasteiger partial charge in [0, 0.05) is 6.54 Å². The molecule has 2 aromatic rings. The van der Waals surface area contributed by atoms with Crippen LogP contribution in [0.1, 0.15) is 54.4 Å². The number of hydrogen-bond acceptors (Lipinski definition) is 7. The van der Waals surface area contributed by atoms with Crippen molar-refractivity contribution in [3.05, 3.63) is 71.8 Å². The normalized spacial score (nSPS) is 16.7. The van der Waals surface area contributed by atoms with Crippen molar-refractivity contribution < 1.29 is 29.0 Å². The molecule has 9 heteroatoms. The summed E-state index contributed by atoms with van der Waals surface area (Å²) in [6.45, 7) is 0.784. The number of amides is 1. The summed E-state index contributed by atoms with van der Waals surface area (Å²) in [5.74, 6) is -2.96. The molecule has 1 fully saturated rings. The molecule has 0 aliphatic carbocycles. The minimum Gasteiger partial charge on any atom is -0.480 e. The van der Waals surface area contributed by atoms with E-state index in [0.29, 0.717) is 58.0 Å². The summed E-state index contributed by atoms with van der Waals surface area (Å²) >= 11 is 0. The van der Waals surface area contributed by atoms with E-state index in [1.807, 2.05) is 30.3 Å². The van der Waals surface area contributed by atoms with Crippen molar-refractivity contribution in [2.75, 3.05) is 13.1 Å². The molecule has 0 saturated carbocycles. The number of hydrogen-bond donors (Lipinski definition) is 3. The third kappa shape index (κ3) is 8.23. The third-order valence-corrected chi connectivity index (χ3v) is 6.52. The van der Waals surface area contributed by atoms with Gasteiger partial charge >= 0.3 is 17.9 Å². The molecule has 1 aliphatic heterocycles. The molecule has 1 amide bonds. The van der Waals surface area contributed by atoms with Crippen LogP contribution in [0.4, 0.5) is 0 Å². The molecular formula is C28H35N3O6. The lowest BCUT2D eigenvalue weighted by atomic mass is 10.0. The Balaban J connectivity index is 1.69. The highest BCUT2D eigenvalue weighted by atomic mass is 16.6. The zero-order valence-electron chi connectivity index (χ0n) is 20.9. The average Bonchev–Trinajstić information content (AvgIpc) is 3.41. The van der Waals surface area contributed by atoms with E-state index in [9.17, 15) is 24.3 Å². The summed E-state index contributed by atoms with van der Waals surface area (Å²) in [5, 5.41) is 12.9. The van der Waals surface area contributed by atoms with Gasteiger partial charge in [0.1, 0.15) is 12.1 Å². The van der Waals surface area contributed by atoms with Gasteiger partial charge in [-0.25, -0.2) is 9.59 Å². The summed E-state index contributed by atoms with van der Waals surface area (Å²) in [7, 11) is 0. The van der Waals surface area contributed by atoms with Crippen molar-refractivity contribution in [3.63, 3.8) is 0 Å². The Morgan fingerprint density at radius 2 is 1.65 bits per heavy atom. The minimum atomic E-state index is -1.04. The number of carbonyl (C=O) groups is 4. The van der Waals surface area contributed by atoms with E-state index < -0.39 is 36.0 Å². The molecule has 1 aliphatic rings. The lowest BCUT2D eigenvalue weighted by Gasteiger charge is -2.30. The Kier molecular flexibility index (Phi) is 10.8. The SMILES string of the molecule is NCCCC[C@H](N[C@@H](CCc1ccccc1)C(=O)O)C(=O)N1CCC[C@H]1C(=O)OC(=O)c1ccccc1. The van der Waals surface area contributed by atoms with E-state index in [1.54, 1.807) is 30.3 Å². The van der Waals surface area contributed by atoms with Crippen molar-refractivity contribution in [1.82, 2.24) is 10.2 Å². The maximum atomic E-state index is 13.6. The van der Waals surface area contributed by atoms with Gasteiger partial charge in [0.25, 0.3) is 0 Å². The predicted octanol–water partition coefficient (Wildman–Crippen LogP) is 2.53. The zero-order chi connectivity index (χ0) is 26.6. The highest BCUT2D eigenvalue weighted by Gasteiger charge is 2.39. The number of carboxylic acid groups (broad SMARTS) is 1. The van der Waals surface area contributed by atoms with Crippen LogP contribution in [0.5, 0.6) is 0 Å². The highest BCUT2D eigenvalue weighted by Crippen LogP contribution is 2.22. The van der Waals surface area contributed by atoms with Crippen LogP contribution in [0.15, 0.2) is 60.7 Å². The fourth-order valence-corrected chi connectivity index (χ4v) is 4.52. The number of esters is 2. The standard InChI is InChI=1S/C28H35N3O6/c29-18-8-7-14-22(30-23(26(33)34)17-16-20-10-3-1-4-11-20)25(32)31-19-9-15-24(31)28(36)37-27(35)21-12-5-2-6-13-21/h1-6,10-13,22-24,30H,7-9,14-19,29H2,(H,33,34)/t22-,23-,24-/m0/s1. The summed E-state index contributed by atoms with van der Waals surface area (Å²) in [6, 6.07) is 15.1. The average molecular weight is 510 g/mol. The number of unbranched alkanes of at least 4 members (excludes halogenated alkanes) is 1. The molecule has 3 atom stereocenters. The molecule has 198 valence electrons. The number of rotatable bonds is 13. The van der Waals surface area contributed by atoms with E-state index in [2.05, 4.69) is 5.32 Å². The summed E-state index contributed by atoms with van der Waals surface area (Å²) in [4.78, 5) is 52.3. The molecule has 9 nitrogen and oxygen atoms in total. The summed E-state index contributed by atoms with van der Waals surface area (Å²) in [6.07, 6.45) is 3.48. The molecule has 37 heavy (non-hydrogen) atoms. The van der Waals surface area contributed by atoms with Crippen LogP contribution in [0.3, 0.4) is 0 Å². The molecule has 0 unspecified atom stereocenters. The van der Waals surface area contributed by atoms with Gasteiger partial charge in [0.15, 0.2) is 0 Å². The van der Waals surface area contributed by atoms with Crippen molar-refractivity contribution >= 4 is 23.8 Å². The van der Waals surface area contributed by atoms with Crippen LogP contribution in [0.2, 0.25) is 0 Å². The molecule has 0 aromatic heterocycles. The number of carboxylic acids is 1. The molecule has 1 heterocycles. The second-order valence-corrected chi connectivity index (χ2v) is 9.18. The fraction of sp³-hybridized carbons (Fsp3) is 0.429. The van der Waals surface area contributed by atoms with Crippen LogP contribution >= 0.6 is 0 Å². The number of nitrogens with two attached hydrogens (primary N) is 1. The van der Waals surface area contributed by atoms with Gasteiger partial charge < -0.3 is 20.5 Å². The largest absolute Gasteiger partial charge is 0.480 e. The van der Waals surface area contributed by atoms with Crippen LogP contribution in [0, 0.1) is 0 Å². The lowest BCUT2D eigenvalue weighted by Crippen LogP contribution is -2.54. The molecule has 2 aromatic carbocycles. The molecule has 4 N–H and O–H groups in total. The monoisotopic (exact) mass is 509 g/mol. The molecule has 0 radical (unpaired) electrons. The van der Waals surface area contributed by atoms with Crippen LogP contribution in [0.25, 0.3) is 0 Å². The van der Waals surface area contributed by atoms with Crippen molar-refractivity contribution in [2.24, 2.45) is 5.73 Å². The smallest absolute Gasteiger partial charge is 0.345 e. The number of nitrogens with zero attached hydrogens (tertiary/aromatic N) is 1. The van der Waals surface area contributed by atoms with Crippen LogP contribution < -0.4 is 11.1 Å². The number of aliphatic carboxylic acids is 1. The Morgan fingerprint density at radius 3 is 2.30 bits per heavy atom. The van der Waals surface area contributed by atoms with Gasteiger partial charge in [-0.2, -0.15) is 0 Å². The topological polar surface area (TPSA) is 139 Å². The first-order valence-corrected chi connectivity index (χ1v) is 12.7. The minimum absolute atomic E-state index is 0.246. The lowest BCUT2D eigenvalue weighted by molar-refractivity contribution is -0.150. The van der Waals surface area contributed by atoms with Crippen molar-refractivity contribution in [2.45, 2.75) is 63.1 Å². The van der Waals surface area contributed by atoms with Gasteiger partial charge in [-0.3, -0.25) is 14.9 Å². The van der Waals surface area contributed by atoms with Gasteiger partial charge in [-0.1, -0.05) is 55.0 Å². The van der Waals surface area contributed by atoms with Gasteiger partial charge in [-0.15, -0.1) is 0 Å². The van der Waals surface area contributed by atoms with Gasteiger partial charge in [-0.05, 0) is 62.8 Å². The maximum Gasteiger partial charge on any atom is 0.345 e. The van der Waals surface area contributed by atoms with E-state index in [0.717, 1.165) is 5.56 Å². The predicted molar refractivity (Wildman–Crippen MR) is 138 cm³/mol. The van der Waals surface area contributed by atoms with Crippen LogP contribution in [-0.4, -0.2) is 65.0 Å². The van der Waals surface area contributed by atoms with Crippen molar-refractivity contribution in [3.8, 4) is 0 Å². The first kappa shape index (κ1) is 28.0. The van der Waals surface area contributed by atoms with E-state index >= 15 is 0 Å². The Labute approximate surface area is 217 Å². The summed E-state index contributed by atoms with van der Waals surface area (Å²) < 4.78 is 5.08. The first-order valence-electron chi connectivity index (χ1n) is 12.7. The Hall–Kier alpha value is -3.56. The molecule has 1 saturated heterocycles. The second kappa shape index (κ2) is 14.2.